The van der Waals surface area contributed by atoms with Crippen LogP contribution in [0.15, 0.2) is 24.3 Å². The van der Waals surface area contributed by atoms with E-state index in [0.717, 1.165) is 0 Å². The normalized spacial score (nSPS) is 18.7. The molecule has 0 radical (unpaired) electrons. The van der Waals surface area contributed by atoms with Crippen LogP contribution in [0, 0.1) is 0 Å². The molecule has 2 aromatic carbocycles. The van der Waals surface area contributed by atoms with Crippen LogP contribution < -0.4 is 18.9 Å². The van der Waals surface area contributed by atoms with Crippen LogP contribution in [-0.4, -0.2) is 63.1 Å². The first kappa shape index (κ1) is 23.1. The molecular weight excluding hydrogens is 404 g/mol. The average molecular weight is 434 g/mol. The zero-order chi connectivity index (χ0) is 21.1. The third kappa shape index (κ3) is 5.40. The van der Waals surface area contributed by atoms with E-state index < -0.39 is 0 Å². The monoisotopic (exact) mass is 434 g/mol. The fourth-order valence-electron chi connectivity index (χ4n) is 3.18. The third-order valence-electron chi connectivity index (χ3n) is 4.96. The highest BCUT2D eigenvalue weighted by molar-refractivity contribution is 5.82. The smallest absolute Gasteiger partial charge is 0.169 e. The van der Waals surface area contributed by atoms with Gasteiger partial charge in [0.25, 0.3) is 0 Å². The molecule has 2 aliphatic heterocycles. The van der Waals surface area contributed by atoms with E-state index in [-0.39, 0.29) is 32.8 Å². The largest absolute Gasteiger partial charge is 0.493 e. The Bertz CT molecular complexity index is 816. The van der Waals surface area contributed by atoms with Crippen molar-refractivity contribution >= 4 is 0 Å². The topological polar surface area (TPSA) is 102 Å². The number of hydrogen-bond donors (Lipinski definition) is 2. The van der Waals surface area contributed by atoms with E-state index in [4.69, 9.17) is 28.4 Å². The van der Waals surface area contributed by atoms with E-state index in [1.54, 1.807) is 26.4 Å². The molecule has 2 fully saturated rings. The molecule has 2 unspecified atom stereocenters. The summed E-state index contributed by atoms with van der Waals surface area (Å²) in [5.41, 5.74) is 2.64. The molecule has 2 aromatic rings. The molecule has 31 heavy (non-hydrogen) atoms. The Morgan fingerprint density at radius 1 is 0.774 bits per heavy atom. The van der Waals surface area contributed by atoms with Crippen molar-refractivity contribution in [1.29, 1.82) is 0 Å². The van der Waals surface area contributed by atoms with E-state index in [2.05, 4.69) is 0 Å². The second-order valence-corrected chi connectivity index (χ2v) is 7.20. The minimum atomic E-state index is -0.168. The molecule has 0 spiro atoms. The third-order valence-corrected chi connectivity index (χ3v) is 4.96. The SMILES string of the molecule is C.COc1cc(CO)cc(-c2cc(CO)cc(OC)c2OCC2CO2)c1OCC1CO1. The van der Waals surface area contributed by atoms with Crippen molar-refractivity contribution in [3.05, 3.63) is 35.4 Å². The predicted octanol–water partition coefficient (Wildman–Crippen LogP) is 2.55. The van der Waals surface area contributed by atoms with Crippen molar-refractivity contribution in [3.8, 4) is 34.1 Å². The molecule has 0 amide bonds. The van der Waals surface area contributed by atoms with E-state index in [9.17, 15) is 10.2 Å². The quantitative estimate of drug-likeness (QED) is 0.520. The molecule has 0 aromatic heterocycles. The summed E-state index contributed by atoms with van der Waals surface area (Å²) < 4.78 is 33.7. The van der Waals surface area contributed by atoms with Gasteiger partial charge in [-0.1, -0.05) is 7.43 Å². The van der Waals surface area contributed by atoms with Gasteiger partial charge in [0.15, 0.2) is 23.0 Å². The highest BCUT2D eigenvalue weighted by atomic mass is 16.6. The Hall–Kier alpha value is -2.52. The molecule has 0 bridgehead atoms. The molecule has 8 nitrogen and oxygen atoms in total. The maximum Gasteiger partial charge on any atom is 0.169 e. The van der Waals surface area contributed by atoms with Crippen LogP contribution in [0.3, 0.4) is 0 Å². The number of rotatable bonds is 11. The van der Waals surface area contributed by atoms with E-state index in [1.807, 2.05) is 12.1 Å². The fraction of sp³-hybridized carbons (Fsp3) is 0.478. The standard InChI is InChI=1S/C22H26O8.CH4/c1-25-19-5-13(7-23)3-17(21(19)29-11-15-9-27-15)18-4-14(8-24)6-20(26-2)22(18)30-12-16-10-28-16;/h3-6,15-16,23-24H,7-12H2,1-2H3;1H4. The summed E-state index contributed by atoms with van der Waals surface area (Å²) in [7, 11) is 3.10. The molecule has 2 saturated heterocycles. The zero-order valence-corrected chi connectivity index (χ0v) is 17.1. The summed E-state index contributed by atoms with van der Waals surface area (Å²) in [6, 6.07) is 7.11. The minimum Gasteiger partial charge on any atom is -0.493 e. The summed E-state index contributed by atoms with van der Waals surface area (Å²) in [5, 5.41) is 19.5. The molecule has 0 saturated carbocycles. The molecule has 2 N–H and O–H groups in total. The first-order valence-electron chi connectivity index (χ1n) is 9.79. The second-order valence-electron chi connectivity index (χ2n) is 7.20. The van der Waals surface area contributed by atoms with Gasteiger partial charge in [-0.25, -0.2) is 0 Å². The first-order chi connectivity index (χ1) is 14.7. The molecule has 2 heterocycles. The van der Waals surface area contributed by atoms with Crippen LogP contribution in [-0.2, 0) is 22.7 Å². The van der Waals surface area contributed by atoms with Crippen molar-refractivity contribution in [2.75, 3.05) is 40.6 Å². The van der Waals surface area contributed by atoms with Crippen molar-refractivity contribution in [2.24, 2.45) is 0 Å². The van der Waals surface area contributed by atoms with Gasteiger partial charge in [-0.3, -0.25) is 0 Å². The first-order valence-corrected chi connectivity index (χ1v) is 9.79. The van der Waals surface area contributed by atoms with E-state index >= 15 is 0 Å². The van der Waals surface area contributed by atoms with Gasteiger partial charge >= 0.3 is 0 Å². The van der Waals surface area contributed by atoms with Crippen LogP contribution in [0.25, 0.3) is 11.1 Å². The van der Waals surface area contributed by atoms with Gasteiger partial charge in [-0.05, 0) is 35.4 Å². The molecule has 0 aliphatic carbocycles. The van der Waals surface area contributed by atoms with Crippen LogP contribution >= 0.6 is 0 Å². The summed E-state index contributed by atoms with van der Waals surface area (Å²) in [4.78, 5) is 0. The van der Waals surface area contributed by atoms with Gasteiger partial charge in [-0.2, -0.15) is 0 Å². The Kier molecular flexibility index (Phi) is 7.61. The van der Waals surface area contributed by atoms with Crippen LogP contribution in [0.2, 0.25) is 0 Å². The van der Waals surface area contributed by atoms with Crippen LogP contribution in [0.1, 0.15) is 18.6 Å². The number of aliphatic hydroxyl groups is 2. The summed E-state index contributed by atoms with van der Waals surface area (Å²) in [5.74, 6) is 1.99. The van der Waals surface area contributed by atoms with Crippen molar-refractivity contribution < 1.29 is 38.6 Å². The summed E-state index contributed by atoms with van der Waals surface area (Å²) >= 11 is 0. The number of ether oxygens (including phenoxy) is 6. The van der Waals surface area contributed by atoms with Crippen molar-refractivity contribution in [1.82, 2.24) is 0 Å². The lowest BCUT2D eigenvalue weighted by Crippen LogP contribution is -2.09. The molecule has 2 aliphatic rings. The van der Waals surface area contributed by atoms with Gasteiger partial charge in [-0.15, -0.1) is 0 Å². The highest BCUT2D eigenvalue weighted by Crippen LogP contribution is 2.47. The van der Waals surface area contributed by atoms with Crippen molar-refractivity contribution in [3.63, 3.8) is 0 Å². The molecule has 2 atom stereocenters. The number of benzene rings is 2. The van der Waals surface area contributed by atoms with Crippen LogP contribution in [0.4, 0.5) is 0 Å². The van der Waals surface area contributed by atoms with E-state index in [0.29, 0.717) is 71.7 Å². The van der Waals surface area contributed by atoms with Gasteiger partial charge in [0, 0.05) is 11.1 Å². The Balaban J connectivity index is 0.00000272. The average Bonchev–Trinajstić information content (AvgIpc) is 3.70. The Labute approximate surface area is 182 Å². The molecular formula is C23H30O8. The lowest BCUT2D eigenvalue weighted by molar-refractivity contribution is 0.248. The van der Waals surface area contributed by atoms with Gasteiger partial charge in [0.1, 0.15) is 25.4 Å². The Morgan fingerprint density at radius 2 is 1.16 bits per heavy atom. The number of aliphatic hydroxyl groups excluding tert-OH is 2. The summed E-state index contributed by atoms with van der Waals surface area (Å²) in [6.45, 7) is 1.75. The molecule has 170 valence electrons. The fourth-order valence-corrected chi connectivity index (χ4v) is 3.18. The number of hydrogen-bond acceptors (Lipinski definition) is 8. The van der Waals surface area contributed by atoms with Gasteiger partial charge < -0.3 is 38.6 Å². The maximum absolute atomic E-state index is 9.77. The lowest BCUT2D eigenvalue weighted by atomic mass is 9.97. The molecule has 4 rings (SSSR count). The number of epoxide rings is 2. The number of methoxy groups -OCH3 is 2. The van der Waals surface area contributed by atoms with Gasteiger partial charge in [0.2, 0.25) is 0 Å². The van der Waals surface area contributed by atoms with Gasteiger partial charge in [0.05, 0.1) is 40.6 Å². The van der Waals surface area contributed by atoms with Crippen molar-refractivity contribution in [2.45, 2.75) is 32.8 Å². The Morgan fingerprint density at radius 3 is 1.45 bits per heavy atom. The lowest BCUT2D eigenvalue weighted by Gasteiger charge is -2.21. The molecule has 8 heteroatoms. The second kappa shape index (κ2) is 10.2. The zero-order valence-electron chi connectivity index (χ0n) is 17.1. The minimum absolute atomic E-state index is 0. The summed E-state index contributed by atoms with van der Waals surface area (Å²) in [6.07, 6.45) is 0.113. The maximum atomic E-state index is 9.77. The predicted molar refractivity (Wildman–Crippen MR) is 114 cm³/mol. The van der Waals surface area contributed by atoms with Crippen LogP contribution in [0.5, 0.6) is 23.0 Å². The highest BCUT2D eigenvalue weighted by Gasteiger charge is 2.28. The van der Waals surface area contributed by atoms with E-state index in [1.165, 1.54) is 0 Å².